The third kappa shape index (κ3) is 5.92. The number of thiophene rings is 1. The molecule has 0 aliphatic rings. The summed E-state index contributed by atoms with van der Waals surface area (Å²) in [6, 6.07) is 17.5. The van der Waals surface area contributed by atoms with Crippen molar-refractivity contribution in [3.05, 3.63) is 82.3 Å². The number of methoxy groups -OCH3 is 1. The van der Waals surface area contributed by atoms with E-state index in [4.69, 9.17) is 14.5 Å². The number of benzene rings is 2. The lowest BCUT2D eigenvalue weighted by Crippen LogP contribution is -2.28. The Balaban J connectivity index is 1.39. The van der Waals surface area contributed by atoms with Crippen molar-refractivity contribution in [2.24, 2.45) is 0 Å². The fourth-order valence-corrected chi connectivity index (χ4v) is 4.68. The fraction of sp³-hybridized carbons (Fsp3) is 0.286. The van der Waals surface area contributed by atoms with E-state index in [9.17, 15) is 4.79 Å². The number of carbonyl (C=O) groups excluding carboxylic acids is 1. The summed E-state index contributed by atoms with van der Waals surface area (Å²) < 4.78 is 13.7. The Morgan fingerprint density at radius 3 is 2.77 bits per heavy atom. The predicted molar refractivity (Wildman–Crippen MR) is 142 cm³/mol. The first-order valence-corrected chi connectivity index (χ1v) is 12.7. The lowest BCUT2D eigenvalue weighted by atomic mass is 10.2. The topological polar surface area (TPSA) is 65.4 Å². The number of nitrogens with one attached hydrogen (secondary N) is 1. The molecule has 0 saturated carbocycles. The van der Waals surface area contributed by atoms with E-state index in [-0.39, 0.29) is 11.9 Å². The molecule has 182 valence electrons. The number of para-hydroxylation sites is 2. The van der Waals surface area contributed by atoms with Crippen LogP contribution >= 0.6 is 11.3 Å². The zero-order valence-corrected chi connectivity index (χ0v) is 21.2. The summed E-state index contributed by atoms with van der Waals surface area (Å²) in [5.41, 5.74) is 3.08. The van der Waals surface area contributed by atoms with Crippen molar-refractivity contribution in [3.8, 4) is 11.5 Å². The first kappa shape index (κ1) is 24.5. The molecule has 1 unspecified atom stereocenters. The highest BCUT2D eigenvalue weighted by atomic mass is 32.1. The van der Waals surface area contributed by atoms with Gasteiger partial charge >= 0.3 is 0 Å². The Hall–Kier alpha value is -3.58. The molecule has 7 heteroatoms. The Morgan fingerprint density at radius 2 is 2.00 bits per heavy atom. The molecular weight excluding hydrogens is 458 g/mol. The minimum atomic E-state index is -0.215. The van der Waals surface area contributed by atoms with E-state index in [2.05, 4.69) is 16.0 Å². The van der Waals surface area contributed by atoms with Crippen LogP contribution in [0.25, 0.3) is 17.1 Å². The molecule has 4 aromatic rings. The van der Waals surface area contributed by atoms with Crippen LogP contribution in [-0.2, 0) is 6.54 Å². The van der Waals surface area contributed by atoms with E-state index in [1.165, 1.54) is 11.3 Å². The van der Waals surface area contributed by atoms with Crippen molar-refractivity contribution in [2.75, 3.05) is 13.7 Å². The van der Waals surface area contributed by atoms with Gasteiger partial charge in [-0.25, -0.2) is 4.98 Å². The largest absolute Gasteiger partial charge is 0.493 e. The maximum absolute atomic E-state index is 12.6. The maximum atomic E-state index is 12.6. The first-order chi connectivity index (χ1) is 17.1. The van der Waals surface area contributed by atoms with Crippen molar-refractivity contribution >= 4 is 34.4 Å². The summed E-state index contributed by atoms with van der Waals surface area (Å²) in [6.07, 6.45) is 5.82. The van der Waals surface area contributed by atoms with Gasteiger partial charge in [-0.1, -0.05) is 36.4 Å². The standard InChI is InChI=1S/C28H31N3O3S/c1-4-10-21-14-15-24(25(19-21)33-3)34-17-8-7-16-31-23-12-6-5-11-22(23)30-27(31)20(2)29-28(32)26-13-9-18-35-26/h4-6,9-15,18-20H,7-8,16-17H2,1-3H3,(H,29,32)/b10-4+. The van der Waals surface area contributed by atoms with Crippen LogP contribution < -0.4 is 14.8 Å². The predicted octanol–water partition coefficient (Wildman–Crippen LogP) is 6.49. The normalized spacial score (nSPS) is 12.2. The lowest BCUT2D eigenvalue weighted by molar-refractivity contribution is 0.0941. The zero-order chi connectivity index (χ0) is 24.6. The monoisotopic (exact) mass is 489 g/mol. The number of hydrogen-bond donors (Lipinski definition) is 1. The fourth-order valence-electron chi connectivity index (χ4n) is 4.05. The molecule has 2 aromatic heterocycles. The van der Waals surface area contributed by atoms with Crippen LogP contribution in [0.5, 0.6) is 11.5 Å². The Bertz CT molecular complexity index is 1290. The van der Waals surface area contributed by atoms with Crippen molar-refractivity contribution in [1.29, 1.82) is 0 Å². The highest BCUT2D eigenvalue weighted by Crippen LogP contribution is 2.29. The molecular formula is C28H31N3O3S. The Labute approximate surface area is 210 Å². The number of hydrogen-bond acceptors (Lipinski definition) is 5. The molecule has 0 saturated heterocycles. The minimum absolute atomic E-state index is 0.0751. The summed E-state index contributed by atoms with van der Waals surface area (Å²) in [6.45, 7) is 5.35. The summed E-state index contributed by atoms with van der Waals surface area (Å²) in [5.74, 6) is 2.27. The molecule has 0 spiro atoms. The SMILES string of the molecule is C/C=C/c1ccc(OCCCCn2c(C(C)NC(=O)c3cccs3)nc3ccccc32)c(OC)c1. The molecule has 6 nitrogen and oxygen atoms in total. The van der Waals surface area contributed by atoms with Gasteiger partial charge in [-0.2, -0.15) is 0 Å². The quantitative estimate of drug-likeness (QED) is 0.245. The molecule has 1 atom stereocenters. The number of amides is 1. The van der Waals surface area contributed by atoms with Gasteiger partial charge in [0.15, 0.2) is 11.5 Å². The van der Waals surface area contributed by atoms with Gasteiger partial charge in [-0.05, 0) is 68.0 Å². The van der Waals surface area contributed by atoms with Crippen molar-refractivity contribution in [1.82, 2.24) is 14.9 Å². The number of carbonyl (C=O) groups is 1. The second-order valence-corrected chi connectivity index (χ2v) is 9.20. The van der Waals surface area contributed by atoms with E-state index in [0.29, 0.717) is 11.5 Å². The Morgan fingerprint density at radius 1 is 1.14 bits per heavy atom. The van der Waals surface area contributed by atoms with E-state index < -0.39 is 0 Å². The van der Waals surface area contributed by atoms with Crippen LogP contribution in [0, 0.1) is 0 Å². The first-order valence-electron chi connectivity index (χ1n) is 11.8. The summed E-state index contributed by atoms with van der Waals surface area (Å²) in [4.78, 5) is 18.1. The highest BCUT2D eigenvalue weighted by molar-refractivity contribution is 7.12. The van der Waals surface area contributed by atoms with Gasteiger partial charge in [-0.15, -0.1) is 11.3 Å². The van der Waals surface area contributed by atoms with Crippen molar-refractivity contribution < 1.29 is 14.3 Å². The number of unbranched alkanes of at least 4 members (excludes halogenated alkanes) is 1. The highest BCUT2D eigenvalue weighted by Gasteiger charge is 2.19. The number of fused-ring (bicyclic) bond motifs is 1. The van der Waals surface area contributed by atoms with Crippen LogP contribution in [0.3, 0.4) is 0 Å². The van der Waals surface area contributed by atoms with Gasteiger partial charge in [0.05, 0.1) is 35.7 Å². The molecule has 2 aromatic carbocycles. The number of allylic oxidation sites excluding steroid dienone is 1. The molecule has 0 aliphatic heterocycles. The summed E-state index contributed by atoms with van der Waals surface area (Å²) in [5, 5.41) is 5.00. The number of ether oxygens (including phenoxy) is 2. The van der Waals surface area contributed by atoms with Crippen LogP contribution in [0.1, 0.15) is 53.8 Å². The lowest BCUT2D eigenvalue weighted by Gasteiger charge is -2.16. The molecule has 1 N–H and O–H groups in total. The molecule has 0 aliphatic carbocycles. The number of nitrogens with zero attached hydrogens (tertiary/aromatic N) is 2. The minimum Gasteiger partial charge on any atom is -0.493 e. The zero-order valence-electron chi connectivity index (χ0n) is 20.4. The molecule has 4 rings (SSSR count). The van der Waals surface area contributed by atoms with Gasteiger partial charge in [0.25, 0.3) is 5.91 Å². The van der Waals surface area contributed by atoms with Crippen LogP contribution in [0.2, 0.25) is 0 Å². The third-order valence-corrected chi connectivity index (χ3v) is 6.61. The number of imidazole rings is 1. The van der Waals surface area contributed by atoms with Crippen LogP contribution in [0.4, 0.5) is 0 Å². The van der Waals surface area contributed by atoms with Crippen LogP contribution in [0.15, 0.2) is 66.1 Å². The maximum Gasteiger partial charge on any atom is 0.261 e. The number of aromatic nitrogens is 2. The van der Waals surface area contributed by atoms with Gasteiger partial charge in [-0.3, -0.25) is 4.79 Å². The summed E-state index contributed by atoms with van der Waals surface area (Å²) >= 11 is 1.44. The molecule has 0 fully saturated rings. The van der Waals surface area contributed by atoms with Gasteiger partial charge in [0.1, 0.15) is 5.82 Å². The smallest absolute Gasteiger partial charge is 0.261 e. The molecule has 0 radical (unpaired) electrons. The second kappa shape index (κ2) is 11.7. The van der Waals surface area contributed by atoms with E-state index in [1.807, 2.05) is 79.9 Å². The molecule has 1 amide bonds. The van der Waals surface area contributed by atoms with Gasteiger partial charge < -0.3 is 19.4 Å². The summed E-state index contributed by atoms with van der Waals surface area (Å²) in [7, 11) is 1.66. The van der Waals surface area contributed by atoms with E-state index >= 15 is 0 Å². The second-order valence-electron chi connectivity index (χ2n) is 8.25. The Kier molecular flexibility index (Phi) is 8.21. The van der Waals surface area contributed by atoms with Gasteiger partial charge in [0.2, 0.25) is 0 Å². The average molecular weight is 490 g/mol. The average Bonchev–Trinajstić information content (AvgIpc) is 3.53. The molecule has 35 heavy (non-hydrogen) atoms. The van der Waals surface area contributed by atoms with Crippen molar-refractivity contribution in [3.63, 3.8) is 0 Å². The molecule has 0 bridgehead atoms. The molecule has 2 heterocycles. The van der Waals surface area contributed by atoms with Crippen LogP contribution in [-0.4, -0.2) is 29.2 Å². The number of rotatable bonds is 11. The van der Waals surface area contributed by atoms with Crippen molar-refractivity contribution in [2.45, 2.75) is 39.3 Å². The van der Waals surface area contributed by atoms with Gasteiger partial charge in [0, 0.05) is 6.54 Å². The van der Waals surface area contributed by atoms with E-state index in [1.54, 1.807) is 7.11 Å². The number of aryl methyl sites for hydroxylation is 1. The van der Waals surface area contributed by atoms with E-state index in [0.717, 1.165) is 53.3 Å². The third-order valence-electron chi connectivity index (χ3n) is 5.74.